The lowest BCUT2D eigenvalue weighted by Gasteiger charge is -2.08. The smallest absolute Gasteiger partial charge is 0.142 e. The highest BCUT2D eigenvalue weighted by Crippen LogP contribution is 2.22. The van der Waals surface area contributed by atoms with Crippen LogP contribution in [-0.2, 0) is 0 Å². The Morgan fingerprint density at radius 1 is 1.19 bits per heavy atom. The summed E-state index contributed by atoms with van der Waals surface area (Å²) in [4.78, 5) is 0. The van der Waals surface area contributed by atoms with Gasteiger partial charge >= 0.3 is 0 Å². The number of nitrogens with two attached hydrogens (primary N) is 1. The Morgan fingerprint density at radius 2 is 1.94 bits per heavy atom. The summed E-state index contributed by atoms with van der Waals surface area (Å²) < 4.78 is 18.2. The fraction of sp³-hybridized carbons (Fsp3) is 0.538. The largest absolute Gasteiger partial charge is 0.491 e. The lowest BCUT2D eigenvalue weighted by Crippen LogP contribution is -2.00. The van der Waals surface area contributed by atoms with Gasteiger partial charge in [0.25, 0.3) is 0 Å². The second-order valence-corrected chi connectivity index (χ2v) is 3.94. The van der Waals surface area contributed by atoms with E-state index in [4.69, 9.17) is 10.5 Å². The van der Waals surface area contributed by atoms with E-state index in [2.05, 4.69) is 6.92 Å². The number of benzene rings is 1. The lowest BCUT2D eigenvalue weighted by atomic mass is 10.2. The quantitative estimate of drug-likeness (QED) is 0.566. The van der Waals surface area contributed by atoms with Gasteiger partial charge in [0.1, 0.15) is 11.6 Å². The van der Waals surface area contributed by atoms with E-state index < -0.39 is 0 Å². The molecule has 1 aromatic rings. The van der Waals surface area contributed by atoms with Crippen LogP contribution in [0.15, 0.2) is 18.2 Å². The summed E-state index contributed by atoms with van der Waals surface area (Å²) in [6.45, 7) is 2.84. The van der Waals surface area contributed by atoms with Crippen molar-refractivity contribution in [2.45, 2.75) is 39.0 Å². The minimum atomic E-state index is -0.326. The zero-order chi connectivity index (χ0) is 11.8. The number of rotatable bonds is 7. The molecule has 0 fully saturated rings. The van der Waals surface area contributed by atoms with Crippen LogP contribution in [-0.4, -0.2) is 6.61 Å². The number of hydrogen-bond donors (Lipinski definition) is 1. The zero-order valence-electron chi connectivity index (χ0n) is 9.84. The molecular formula is C13H20FNO. The molecule has 2 nitrogen and oxygen atoms in total. The van der Waals surface area contributed by atoms with Crippen molar-refractivity contribution < 1.29 is 9.13 Å². The van der Waals surface area contributed by atoms with Crippen LogP contribution in [0.5, 0.6) is 5.75 Å². The van der Waals surface area contributed by atoms with E-state index in [1.54, 1.807) is 6.07 Å². The van der Waals surface area contributed by atoms with Gasteiger partial charge in [0, 0.05) is 6.07 Å². The molecule has 90 valence electrons. The Labute approximate surface area is 96.6 Å². The van der Waals surface area contributed by atoms with E-state index in [0.717, 1.165) is 6.42 Å². The molecule has 0 saturated carbocycles. The molecule has 3 heteroatoms. The monoisotopic (exact) mass is 225 g/mol. The summed E-state index contributed by atoms with van der Waals surface area (Å²) in [7, 11) is 0. The van der Waals surface area contributed by atoms with E-state index in [9.17, 15) is 4.39 Å². The first-order chi connectivity index (χ1) is 7.74. The topological polar surface area (TPSA) is 35.2 Å². The predicted molar refractivity (Wildman–Crippen MR) is 65.1 cm³/mol. The Balaban J connectivity index is 2.21. The van der Waals surface area contributed by atoms with E-state index in [-0.39, 0.29) is 5.82 Å². The molecule has 0 aliphatic carbocycles. The van der Waals surface area contributed by atoms with Gasteiger partial charge in [-0.2, -0.15) is 0 Å². The highest BCUT2D eigenvalue weighted by atomic mass is 19.1. The first kappa shape index (κ1) is 12.8. The molecule has 0 radical (unpaired) electrons. The van der Waals surface area contributed by atoms with Crippen molar-refractivity contribution in [3.63, 3.8) is 0 Å². The van der Waals surface area contributed by atoms with E-state index >= 15 is 0 Å². The van der Waals surface area contributed by atoms with Crippen molar-refractivity contribution in [2.24, 2.45) is 0 Å². The molecule has 0 heterocycles. The second kappa shape index (κ2) is 7.09. The molecule has 0 bridgehead atoms. The Hall–Kier alpha value is -1.25. The third-order valence-corrected chi connectivity index (χ3v) is 2.48. The van der Waals surface area contributed by atoms with Crippen LogP contribution in [0.1, 0.15) is 39.0 Å². The van der Waals surface area contributed by atoms with Gasteiger partial charge in [-0.3, -0.25) is 0 Å². The Bertz CT molecular complexity index is 315. The molecule has 0 unspecified atom stereocenters. The molecule has 0 atom stereocenters. The van der Waals surface area contributed by atoms with Crippen LogP contribution >= 0.6 is 0 Å². The van der Waals surface area contributed by atoms with Gasteiger partial charge in [0.05, 0.1) is 12.3 Å². The van der Waals surface area contributed by atoms with Crippen molar-refractivity contribution in [3.8, 4) is 5.75 Å². The number of hydrogen-bond acceptors (Lipinski definition) is 2. The predicted octanol–water partition coefficient (Wildman–Crippen LogP) is 3.76. The molecule has 0 saturated heterocycles. The molecule has 0 spiro atoms. The Morgan fingerprint density at radius 3 is 2.62 bits per heavy atom. The molecule has 0 amide bonds. The van der Waals surface area contributed by atoms with Gasteiger partial charge in [0.15, 0.2) is 0 Å². The van der Waals surface area contributed by atoms with Crippen molar-refractivity contribution in [1.82, 2.24) is 0 Å². The average molecular weight is 225 g/mol. The van der Waals surface area contributed by atoms with Crippen molar-refractivity contribution in [3.05, 3.63) is 24.0 Å². The third-order valence-electron chi connectivity index (χ3n) is 2.48. The maximum absolute atomic E-state index is 12.7. The summed E-state index contributed by atoms with van der Waals surface area (Å²) in [5.74, 6) is 0.254. The van der Waals surface area contributed by atoms with Gasteiger partial charge in [0.2, 0.25) is 0 Å². The zero-order valence-corrected chi connectivity index (χ0v) is 9.84. The molecule has 16 heavy (non-hydrogen) atoms. The van der Waals surface area contributed by atoms with E-state index in [1.165, 1.54) is 37.8 Å². The van der Waals surface area contributed by atoms with Gasteiger partial charge < -0.3 is 10.5 Å². The molecule has 1 rings (SSSR count). The minimum absolute atomic E-state index is 0.326. The Kier molecular flexibility index (Phi) is 5.68. The fourth-order valence-corrected chi connectivity index (χ4v) is 1.54. The SMILES string of the molecule is CCCCCCCOc1ccc(F)cc1N. The van der Waals surface area contributed by atoms with Crippen LogP contribution in [0.2, 0.25) is 0 Å². The number of nitrogen functional groups attached to an aromatic ring is 1. The summed E-state index contributed by atoms with van der Waals surface area (Å²) >= 11 is 0. The maximum Gasteiger partial charge on any atom is 0.142 e. The summed E-state index contributed by atoms with van der Waals surface area (Å²) in [5.41, 5.74) is 5.99. The van der Waals surface area contributed by atoms with Gasteiger partial charge in [-0.1, -0.05) is 32.6 Å². The molecule has 2 N–H and O–H groups in total. The molecule has 0 aliphatic rings. The summed E-state index contributed by atoms with van der Waals surface area (Å²) in [6, 6.07) is 4.23. The number of unbranched alkanes of at least 4 members (excludes halogenated alkanes) is 4. The first-order valence-corrected chi connectivity index (χ1v) is 5.92. The van der Waals surface area contributed by atoms with Crippen LogP contribution in [0.3, 0.4) is 0 Å². The van der Waals surface area contributed by atoms with E-state index in [1.807, 2.05) is 0 Å². The van der Waals surface area contributed by atoms with Crippen molar-refractivity contribution >= 4 is 5.69 Å². The van der Waals surface area contributed by atoms with Gasteiger partial charge in [-0.05, 0) is 18.6 Å². The normalized spacial score (nSPS) is 10.4. The maximum atomic E-state index is 12.7. The standard InChI is InChI=1S/C13H20FNO/c1-2-3-4-5-6-9-16-13-8-7-11(14)10-12(13)15/h7-8,10H,2-6,9,15H2,1H3. The van der Waals surface area contributed by atoms with Gasteiger partial charge in [-0.15, -0.1) is 0 Å². The van der Waals surface area contributed by atoms with Crippen molar-refractivity contribution in [2.75, 3.05) is 12.3 Å². The van der Waals surface area contributed by atoms with E-state index in [0.29, 0.717) is 18.0 Å². The van der Waals surface area contributed by atoms with Crippen LogP contribution in [0, 0.1) is 5.82 Å². The second-order valence-electron chi connectivity index (χ2n) is 3.94. The van der Waals surface area contributed by atoms with Gasteiger partial charge in [-0.25, -0.2) is 4.39 Å². The van der Waals surface area contributed by atoms with Crippen LogP contribution < -0.4 is 10.5 Å². The number of anilines is 1. The number of halogens is 1. The highest BCUT2D eigenvalue weighted by molar-refractivity contribution is 5.52. The molecule has 1 aromatic carbocycles. The third kappa shape index (κ3) is 4.51. The van der Waals surface area contributed by atoms with Crippen LogP contribution in [0.25, 0.3) is 0 Å². The minimum Gasteiger partial charge on any atom is -0.491 e. The molecule has 0 aliphatic heterocycles. The summed E-state index contributed by atoms with van der Waals surface area (Å²) in [6.07, 6.45) is 5.97. The highest BCUT2D eigenvalue weighted by Gasteiger charge is 2.01. The van der Waals surface area contributed by atoms with Crippen LogP contribution in [0.4, 0.5) is 10.1 Å². The number of ether oxygens (including phenoxy) is 1. The average Bonchev–Trinajstić information content (AvgIpc) is 2.26. The van der Waals surface area contributed by atoms with Crippen molar-refractivity contribution in [1.29, 1.82) is 0 Å². The molecular weight excluding hydrogens is 205 g/mol. The lowest BCUT2D eigenvalue weighted by molar-refractivity contribution is 0.305. The fourth-order valence-electron chi connectivity index (χ4n) is 1.54. The summed E-state index contributed by atoms with van der Waals surface area (Å²) in [5, 5.41) is 0. The first-order valence-electron chi connectivity index (χ1n) is 5.92. The molecule has 0 aromatic heterocycles.